The largest absolute Gasteiger partial charge is 0.398 e. The van der Waals surface area contributed by atoms with Crippen LogP contribution >= 0.6 is 23.4 Å². The molecule has 4 nitrogen and oxygen atoms in total. The summed E-state index contributed by atoms with van der Waals surface area (Å²) in [5.74, 6) is -1.59. The standard InChI is InChI=1S/C14H17ClF4N2O2S2/c1-10-6-11(16)12(7-13(10)24-8-14(17,18)19)20-2-4-21(5-3-20)25(22,23)9-15/h6-7H,2-5,8-9H2,1H3. The first-order valence-electron chi connectivity index (χ1n) is 7.32. The lowest BCUT2D eigenvalue weighted by Crippen LogP contribution is -2.49. The minimum atomic E-state index is -4.31. The van der Waals surface area contributed by atoms with Crippen molar-refractivity contribution < 1.29 is 26.0 Å². The zero-order valence-electron chi connectivity index (χ0n) is 13.3. The molecule has 1 aliphatic heterocycles. The average molecular weight is 421 g/mol. The summed E-state index contributed by atoms with van der Waals surface area (Å²) in [6, 6.07) is 2.60. The monoisotopic (exact) mass is 420 g/mol. The first-order valence-corrected chi connectivity index (χ1v) is 10.4. The van der Waals surface area contributed by atoms with Gasteiger partial charge in [-0.2, -0.15) is 17.5 Å². The van der Waals surface area contributed by atoms with Crippen molar-refractivity contribution >= 4 is 39.1 Å². The molecule has 1 aromatic rings. The van der Waals surface area contributed by atoms with Gasteiger partial charge in [0.1, 0.15) is 11.0 Å². The van der Waals surface area contributed by atoms with Gasteiger partial charge in [-0.15, -0.1) is 23.4 Å². The van der Waals surface area contributed by atoms with Crippen molar-refractivity contribution in [3.8, 4) is 0 Å². The van der Waals surface area contributed by atoms with Crippen LogP contribution in [0.2, 0.25) is 0 Å². The maximum Gasteiger partial charge on any atom is 0.398 e. The quantitative estimate of drug-likeness (QED) is 0.415. The van der Waals surface area contributed by atoms with Gasteiger partial charge < -0.3 is 4.90 Å². The number of anilines is 1. The third-order valence-corrected chi connectivity index (χ3v) is 7.22. The number of hydrogen-bond donors (Lipinski definition) is 0. The number of benzene rings is 1. The smallest absolute Gasteiger partial charge is 0.366 e. The molecular formula is C14H17ClF4N2O2S2. The Morgan fingerprint density at radius 1 is 1.20 bits per heavy atom. The Kier molecular flexibility index (Phi) is 6.50. The molecule has 1 saturated heterocycles. The summed E-state index contributed by atoms with van der Waals surface area (Å²) in [7, 11) is -3.53. The number of sulfonamides is 1. The zero-order valence-corrected chi connectivity index (χ0v) is 15.7. The van der Waals surface area contributed by atoms with Crippen LogP contribution in [0.25, 0.3) is 0 Å². The fourth-order valence-electron chi connectivity index (χ4n) is 2.48. The van der Waals surface area contributed by atoms with Crippen LogP contribution in [0.15, 0.2) is 17.0 Å². The Morgan fingerprint density at radius 3 is 2.32 bits per heavy atom. The van der Waals surface area contributed by atoms with E-state index in [2.05, 4.69) is 0 Å². The maximum absolute atomic E-state index is 14.3. The molecule has 2 rings (SSSR count). The lowest BCUT2D eigenvalue weighted by atomic mass is 10.2. The molecule has 0 saturated carbocycles. The Morgan fingerprint density at radius 2 is 1.80 bits per heavy atom. The van der Waals surface area contributed by atoms with E-state index in [9.17, 15) is 26.0 Å². The third-order valence-electron chi connectivity index (χ3n) is 3.75. The molecule has 0 N–H and O–H groups in total. The van der Waals surface area contributed by atoms with E-state index in [1.54, 1.807) is 11.8 Å². The molecule has 0 radical (unpaired) electrons. The molecule has 1 aliphatic rings. The van der Waals surface area contributed by atoms with E-state index in [-0.39, 0.29) is 31.9 Å². The van der Waals surface area contributed by atoms with Crippen LogP contribution in [0.5, 0.6) is 0 Å². The minimum Gasteiger partial charge on any atom is -0.366 e. The number of halogens is 5. The van der Waals surface area contributed by atoms with Gasteiger partial charge >= 0.3 is 6.18 Å². The van der Waals surface area contributed by atoms with Crippen LogP contribution in [0.1, 0.15) is 5.56 Å². The predicted molar refractivity (Wildman–Crippen MR) is 91.3 cm³/mol. The van der Waals surface area contributed by atoms with Crippen molar-refractivity contribution in [1.82, 2.24) is 4.31 Å². The van der Waals surface area contributed by atoms with E-state index in [4.69, 9.17) is 11.6 Å². The number of aryl methyl sites for hydroxylation is 1. The number of piperazine rings is 1. The molecule has 0 unspecified atom stereocenters. The SMILES string of the molecule is Cc1cc(F)c(N2CCN(S(=O)(=O)CCl)CC2)cc1SCC(F)(F)F. The summed E-state index contributed by atoms with van der Waals surface area (Å²) in [5.41, 5.74) is 0.608. The highest BCUT2D eigenvalue weighted by Crippen LogP contribution is 2.34. The molecule has 0 bridgehead atoms. The van der Waals surface area contributed by atoms with Crippen LogP contribution in [0, 0.1) is 12.7 Å². The van der Waals surface area contributed by atoms with Crippen molar-refractivity contribution in [3.63, 3.8) is 0 Å². The molecule has 0 aromatic heterocycles. The van der Waals surface area contributed by atoms with Crippen LogP contribution in [-0.2, 0) is 10.0 Å². The number of rotatable bonds is 5. The predicted octanol–water partition coefficient (Wildman–Crippen LogP) is 3.44. The molecule has 142 valence electrons. The van der Waals surface area contributed by atoms with E-state index < -0.39 is 33.0 Å². The highest BCUT2D eigenvalue weighted by molar-refractivity contribution is 7.99. The van der Waals surface area contributed by atoms with Gasteiger partial charge in [-0.25, -0.2) is 12.8 Å². The molecule has 1 fully saturated rings. The fourth-order valence-corrected chi connectivity index (χ4v) is 4.55. The second-order valence-electron chi connectivity index (χ2n) is 5.58. The van der Waals surface area contributed by atoms with Crippen molar-refractivity contribution in [1.29, 1.82) is 0 Å². The van der Waals surface area contributed by atoms with Gasteiger partial charge in [0.25, 0.3) is 0 Å². The highest BCUT2D eigenvalue weighted by atomic mass is 35.5. The molecule has 1 aromatic carbocycles. The molecule has 1 heterocycles. The highest BCUT2D eigenvalue weighted by Gasteiger charge is 2.29. The lowest BCUT2D eigenvalue weighted by molar-refractivity contribution is -0.105. The van der Waals surface area contributed by atoms with Crippen LogP contribution < -0.4 is 4.90 Å². The summed E-state index contributed by atoms with van der Waals surface area (Å²) in [6.07, 6.45) is -4.31. The van der Waals surface area contributed by atoms with Crippen molar-refractivity contribution in [3.05, 3.63) is 23.5 Å². The minimum absolute atomic E-state index is 0.146. The number of hydrogen-bond acceptors (Lipinski definition) is 4. The topological polar surface area (TPSA) is 40.6 Å². The van der Waals surface area contributed by atoms with E-state index in [0.29, 0.717) is 22.2 Å². The van der Waals surface area contributed by atoms with Crippen molar-refractivity contribution in [2.24, 2.45) is 0 Å². The van der Waals surface area contributed by atoms with Gasteiger partial charge in [-0.05, 0) is 24.6 Å². The fraction of sp³-hybridized carbons (Fsp3) is 0.571. The maximum atomic E-state index is 14.3. The third kappa shape index (κ3) is 5.38. The van der Waals surface area contributed by atoms with E-state index in [1.165, 1.54) is 16.4 Å². The van der Waals surface area contributed by atoms with E-state index in [0.717, 1.165) is 0 Å². The Bertz CT molecular complexity index is 720. The summed E-state index contributed by atoms with van der Waals surface area (Å²) in [5, 5.41) is -0.524. The van der Waals surface area contributed by atoms with Crippen molar-refractivity contribution in [2.75, 3.05) is 42.0 Å². The van der Waals surface area contributed by atoms with Crippen LogP contribution in [-0.4, -0.2) is 56.0 Å². The molecule has 25 heavy (non-hydrogen) atoms. The van der Waals surface area contributed by atoms with Gasteiger partial charge in [0, 0.05) is 31.1 Å². The zero-order chi connectivity index (χ0) is 18.8. The average Bonchev–Trinajstić information content (AvgIpc) is 2.53. The Balaban J connectivity index is 2.15. The molecular weight excluding hydrogens is 404 g/mol. The summed E-state index contributed by atoms with van der Waals surface area (Å²) in [6.45, 7) is 2.32. The second-order valence-corrected chi connectivity index (χ2v) is 9.15. The van der Waals surface area contributed by atoms with Gasteiger partial charge in [-0.3, -0.25) is 0 Å². The number of nitrogens with zero attached hydrogens (tertiary/aromatic N) is 2. The van der Waals surface area contributed by atoms with Gasteiger partial charge in [0.05, 0.1) is 11.4 Å². The lowest BCUT2D eigenvalue weighted by Gasteiger charge is -2.35. The number of thioether (sulfide) groups is 1. The summed E-state index contributed by atoms with van der Waals surface area (Å²) >= 11 is 6.02. The van der Waals surface area contributed by atoms with Crippen LogP contribution in [0.4, 0.5) is 23.2 Å². The molecule has 0 atom stereocenters. The summed E-state index contributed by atoms with van der Waals surface area (Å²) in [4.78, 5) is 1.98. The van der Waals surface area contributed by atoms with Crippen molar-refractivity contribution in [2.45, 2.75) is 18.0 Å². The number of alkyl halides is 4. The second kappa shape index (κ2) is 7.89. The first-order chi connectivity index (χ1) is 11.5. The molecule has 0 amide bonds. The van der Waals surface area contributed by atoms with Crippen LogP contribution in [0.3, 0.4) is 0 Å². The summed E-state index contributed by atoms with van der Waals surface area (Å²) < 4.78 is 76.2. The van der Waals surface area contributed by atoms with Gasteiger partial charge in [-0.1, -0.05) is 0 Å². The normalized spacial score (nSPS) is 17.1. The first kappa shape index (κ1) is 20.6. The van der Waals surface area contributed by atoms with E-state index in [1.807, 2.05) is 0 Å². The Hall–Kier alpha value is -0.710. The van der Waals surface area contributed by atoms with Gasteiger partial charge in [0.2, 0.25) is 10.0 Å². The van der Waals surface area contributed by atoms with Gasteiger partial charge in [0.15, 0.2) is 0 Å². The van der Waals surface area contributed by atoms with E-state index >= 15 is 0 Å². The Labute approximate surface area is 153 Å². The molecule has 0 spiro atoms. The molecule has 11 heteroatoms. The molecule has 0 aliphatic carbocycles.